The maximum Gasteiger partial charge on any atom is 0.0946 e. The minimum absolute atomic E-state index is 0.0588. The molecule has 2 heterocycles. The van der Waals surface area contributed by atoms with Gasteiger partial charge >= 0.3 is 0 Å². The molecule has 1 unspecified atom stereocenters. The number of fused-ring (bicyclic) bond motifs is 1. The molecule has 1 N–H and O–H groups in total. The third kappa shape index (κ3) is 2.45. The summed E-state index contributed by atoms with van der Waals surface area (Å²) in [5.41, 5.74) is 3.34. The van der Waals surface area contributed by atoms with E-state index in [4.69, 9.17) is 5.10 Å². The zero-order valence-corrected chi connectivity index (χ0v) is 12.7. The molecule has 3 aromatic rings. The van der Waals surface area contributed by atoms with Crippen molar-refractivity contribution in [2.75, 3.05) is 6.54 Å². The van der Waals surface area contributed by atoms with Crippen LogP contribution in [0.2, 0.25) is 0 Å². The largest absolute Gasteiger partial charge is 0.304 e. The number of nitrogens with zero attached hydrogens (tertiary/aromatic N) is 4. The Kier molecular flexibility index (Phi) is 3.75. The Morgan fingerprint density at radius 3 is 2.67 bits per heavy atom. The van der Waals surface area contributed by atoms with Crippen molar-refractivity contribution in [3.63, 3.8) is 0 Å². The van der Waals surface area contributed by atoms with Crippen LogP contribution >= 0.6 is 0 Å². The van der Waals surface area contributed by atoms with Gasteiger partial charge in [-0.3, -0.25) is 9.36 Å². The Balaban J connectivity index is 2.12. The summed E-state index contributed by atoms with van der Waals surface area (Å²) < 4.78 is 3.86. The predicted octanol–water partition coefficient (Wildman–Crippen LogP) is 2.40. The van der Waals surface area contributed by atoms with Crippen molar-refractivity contribution < 1.29 is 0 Å². The number of aryl methyl sites for hydroxylation is 2. The smallest absolute Gasteiger partial charge is 0.0946 e. The molecule has 21 heavy (non-hydrogen) atoms. The molecule has 0 amide bonds. The normalized spacial score (nSPS) is 12.9. The zero-order valence-electron chi connectivity index (χ0n) is 12.7. The van der Waals surface area contributed by atoms with Crippen molar-refractivity contribution >= 4 is 10.9 Å². The number of nitrogens with one attached hydrogen (secondary N) is 1. The summed E-state index contributed by atoms with van der Waals surface area (Å²) >= 11 is 0. The minimum Gasteiger partial charge on any atom is -0.304 e. The predicted molar refractivity (Wildman–Crippen MR) is 84.1 cm³/mol. The molecule has 0 radical (unpaired) electrons. The van der Waals surface area contributed by atoms with Gasteiger partial charge in [0.15, 0.2) is 0 Å². The molecule has 5 heteroatoms. The van der Waals surface area contributed by atoms with E-state index in [0.717, 1.165) is 29.9 Å². The van der Waals surface area contributed by atoms with Gasteiger partial charge in [0.05, 0.1) is 22.9 Å². The topological polar surface area (TPSA) is 47.7 Å². The standard InChI is InChI=1S/C16H21N5/c1-4-10-17-16(14-9-11-18-20(14)2)15-12-7-5-6-8-13(12)21(3)19-15/h5-9,11,16-17H,4,10H2,1-3H3. The molecular weight excluding hydrogens is 262 g/mol. The van der Waals surface area contributed by atoms with Crippen molar-refractivity contribution in [2.24, 2.45) is 14.1 Å². The third-order valence-corrected chi connectivity index (χ3v) is 3.81. The molecule has 0 saturated heterocycles. The van der Waals surface area contributed by atoms with Crippen LogP contribution < -0.4 is 5.32 Å². The molecule has 2 aromatic heterocycles. The number of benzene rings is 1. The molecule has 0 bridgehead atoms. The lowest BCUT2D eigenvalue weighted by Gasteiger charge is -2.17. The van der Waals surface area contributed by atoms with E-state index in [9.17, 15) is 0 Å². The molecule has 0 aliphatic rings. The van der Waals surface area contributed by atoms with Gasteiger partial charge in [0, 0.05) is 25.7 Å². The summed E-state index contributed by atoms with van der Waals surface area (Å²) in [6.45, 7) is 3.12. The van der Waals surface area contributed by atoms with E-state index in [2.05, 4.69) is 41.6 Å². The van der Waals surface area contributed by atoms with Crippen LogP contribution in [0, 0.1) is 0 Å². The lowest BCUT2D eigenvalue weighted by Crippen LogP contribution is -2.26. The summed E-state index contributed by atoms with van der Waals surface area (Å²) in [7, 11) is 3.97. The van der Waals surface area contributed by atoms with Gasteiger partial charge in [0.2, 0.25) is 0 Å². The average molecular weight is 283 g/mol. The Labute approximate surface area is 124 Å². The van der Waals surface area contributed by atoms with Gasteiger partial charge in [-0.1, -0.05) is 25.1 Å². The second-order valence-corrected chi connectivity index (χ2v) is 5.29. The third-order valence-electron chi connectivity index (χ3n) is 3.81. The molecule has 0 spiro atoms. The quantitative estimate of drug-likeness (QED) is 0.782. The first kappa shape index (κ1) is 13.8. The molecule has 0 saturated carbocycles. The Morgan fingerprint density at radius 1 is 1.14 bits per heavy atom. The zero-order chi connectivity index (χ0) is 14.8. The van der Waals surface area contributed by atoms with Crippen LogP contribution in [0.4, 0.5) is 0 Å². The highest BCUT2D eigenvalue weighted by Crippen LogP contribution is 2.27. The number of hydrogen-bond donors (Lipinski definition) is 1. The van der Waals surface area contributed by atoms with Gasteiger partial charge in [-0.2, -0.15) is 10.2 Å². The molecule has 0 aliphatic carbocycles. The molecule has 1 aromatic carbocycles. The van der Waals surface area contributed by atoms with Crippen LogP contribution in [0.25, 0.3) is 10.9 Å². The molecule has 1 atom stereocenters. The van der Waals surface area contributed by atoms with E-state index < -0.39 is 0 Å². The summed E-state index contributed by atoms with van der Waals surface area (Å²) in [6.07, 6.45) is 2.92. The Morgan fingerprint density at radius 2 is 1.95 bits per heavy atom. The molecule has 3 rings (SSSR count). The first-order valence-electron chi connectivity index (χ1n) is 7.35. The van der Waals surface area contributed by atoms with Gasteiger partial charge < -0.3 is 5.32 Å². The van der Waals surface area contributed by atoms with E-state index in [1.165, 1.54) is 5.39 Å². The Hall–Kier alpha value is -2.14. The molecule has 110 valence electrons. The fourth-order valence-electron chi connectivity index (χ4n) is 2.75. The van der Waals surface area contributed by atoms with E-state index >= 15 is 0 Å². The summed E-state index contributed by atoms with van der Waals surface area (Å²) in [6, 6.07) is 10.5. The van der Waals surface area contributed by atoms with Crippen LogP contribution in [-0.2, 0) is 14.1 Å². The van der Waals surface area contributed by atoms with E-state index in [1.54, 1.807) is 0 Å². The van der Waals surface area contributed by atoms with E-state index in [0.29, 0.717) is 0 Å². The van der Waals surface area contributed by atoms with Crippen LogP contribution in [0.5, 0.6) is 0 Å². The number of aromatic nitrogens is 4. The highest BCUT2D eigenvalue weighted by atomic mass is 15.3. The van der Waals surface area contributed by atoms with Gasteiger partial charge in [-0.15, -0.1) is 0 Å². The second kappa shape index (κ2) is 5.69. The van der Waals surface area contributed by atoms with Crippen molar-refractivity contribution in [3.05, 3.63) is 47.9 Å². The van der Waals surface area contributed by atoms with Gasteiger partial charge in [0.25, 0.3) is 0 Å². The van der Waals surface area contributed by atoms with Gasteiger partial charge in [-0.05, 0) is 25.1 Å². The van der Waals surface area contributed by atoms with E-state index in [1.807, 2.05) is 35.7 Å². The Bertz CT molecular complexity index is 740. The molecule has 5 nitrogen and oxygen atoms in total. The van der Waals surface area contributed by atoms with Crippen molar-refractivity contribution in [1.29, 1.82) is 0 Å². The van der Waals surface area contributed by atoms with Crippen molar-refractivity contribution in [1.82, 2.24) is 24.9 Å². The first-order chi connectivity index (χ1) is 10.2. The number of hydrogen-bond acceptors (Lipinski definition) is 3. The highest BCUT2D eigenvalue weighted by molar-refractivity contribution is 5.82. The fourth-order valence-corrected chi connectivity index (χ4v) is 2.75. The van der Waals surface area contributed by atoms with Crippen LogP contribution in [-0.4, -0.2) is 26.1 Å². The minimum atomic E-state index is 0.0588. The van der Waals surface area contributed by atoms with Gasteiger partial charge in [-0.25, -0.2) is 0 Å². The van der Waals surface area contributed by atoms with E-state index in [-0.39, 0.29) is 6.04 Å². The number of rotatable bonds is 5. The summed E-state index contributed by atoms with van der Waals surface area (Å²) in [5.74, 6) is 0. The first-order valence-corrected chi connectivity index (χ1v) is 7.35. The van der Waals surface area contributed by atoms with Crippen LogP contribution in [0.1, 0.15) is 30.8 Å². The highest BCUT2D eigenvalue weighted by Gasteiger charge is 2.22. The summed E-state index contributed by atoms with van der Waals surface area (Å²) in [5, 5.41) is 13.8. The molecular formula is C16H21N5. The summed E-state index contributed by atoms with van der Waals surface area (Å²) in [4.78, 5) is 0. The molecule has 0 fully saturated rings. The fraction of sp³-hybridized carbons (Fsp3) is 0.375. The lowest BCUT2D eigenvalue weighted by atomic mass is 10.1. The maximum absolute atomic E-state index is 4.75. The number of para-hydroxylation sites is 1. The lowest BCUT2D eigenvalue weighted by molar-refractivity contribution is 0.539. The maximum atomic E-state index is 4.75. The average Bonchev–Trinajstić information content (AvgIpc) is 3.06. The molecule has 0 aliphatic heterocycles. The van der Waals surface area contributed by atoms with Crippen molar-refractivity contribution in [2.45, 2.75) is 19.4 Å². The second-order valence-electron chi connectivity index (χ2n) is 5.29. The SMILES string of the molecule is CCCNC(c1nn(C)c2ccccc12)c1ccnn1C. The van der Waals surface area contributed by atoms with Crippen LogP contribution in [0.15, 0.2) is 36.5 Å². The van der Waals surface area contributed by atoms with Crippen molar-refractivity contribution in [3.8, 4) is 0 Å². The van der Waals surface area contributed by atoms with Gasteiger partial charge in [0.1, 0.15) is 0 Å². The monoisotopic (exact) mass is 283 g/mol. The van der Waals surface area contributed by atoms with Crippen LogP contribution in [0.3, 0.4) is 0 Å².